The van der Waals surface area contributed by atoms with E-state index in [0.717, 1.165) is 12.1 Å². The molecule has 1 saturated heterocycles. The first-order valence-corrected chi connectivity index (χ1v) is 4.24. The molecule has 60 valence electrons. The first-order valence-electron chi connectivity index (χ1n) is 4.24. The van der Waals surface area contributed by atoms with Crippen molar-refractivity contribution in [2.45, 2.75) is 46.7 Å². The normalized spacial score (nSPS) is 39.9. The molecule has 1 nitrogen and oxygen atoms in total. The maximum absolute atomic E-state index is 2.54. The summed E-state index contributed by atoms with van der Waals surface area (Å²) in [6, 6.07) is 1.66. The number of hydrogen-bond acceptors (Lipinski definition) is 1. The van der Waals surface area contributed by atoms with Crippen LogP contribution in [0.15, 0.2) is 0 Å². The van der Waals surface area contributed by atoms with Gasteiger partial charge in [-0.1, -0.05) is 27.7 Å². The van der Waals surface area contributed by atoms with Crippen LogP contribution in [0.2, 0.25) is 0 Å². The van der Waals surface area contributed by atoms with Crippen molar-refractivity contribution < 1.29 is 0 Å². The van der Waals surface area contributed by atoms with Gasteiger partial charge in [0.15, 0.2) is 0 Å². The van der Waals surface area contributed by atoms with Gasteiger partial charge in [-0.2, -0.15) is 0 Å². The van der Waals surface area contributed by atoms with E-state index >= 15 is 0 Å². The largest absolute Gasteiger partial charge is 0.294 e. The zero-order chi connectivity index (χ0) is 7.94. The smallest absolute Gasteiger partial charge is 0.0300 e. The summed E-state index contributed by atoms with van der Waals surface area (Å²) >= 11 is 0. The van der Waals surface area contributed by atoms with Crippen LogP contribution < -0.4 is 0 Å². The van der Waals surface area contributed by atoms with Crippen molar-refractivity contribution in [3.63, 3.8) is 0 Å². The molecule has 0 aromatic carbocycles. The van der Waals surface area contributed by atoms with Crippen molar-refractivity contribution in [1.82, 2.24) is 4.90 Å². The number of likely N-dealkylation sites (N-methyl/N-ethyl adjacent to an activating group) is 1. The predicted molar refractivity (Wildman–Crippen MR) is 45.1 cm³/mol. The molecule has 1 fully saturated rings. The van der Waals surface area contributed by atoms with E-state index in [-0.39, 0.29) is 0 Å². The molecular formula is C9H19N. The maximum atomic E-state index is 2.54. The standard InChI is InChI=1S/C9H19N/c1-6-10-7(2)8(10)9(3,4)5/h7-8H,6H2,1-5H3/t7-,8+,10?/m1/s1. The van der Waals surface area contributed by atoms with Gasteiger partial charge >= 0.3 is 0 Å². The first kappa shape index (κ1) is 8.06. The summed E-state index contributed by atoms with van der Waals surface area (Å²) in [5, 5.41) is 0. The molecule has 0 radical (unpaired) electrons. The Balaban J connectivity index is 2.48. The molecule has 0 aromatic rings. The fourth-order valence-electron chi connectivity index (χ4n) is 2.11. The summed E-state index contributed by atoms with van der Waals surface area (Å²) in [7, 11) is 0. The van der Waals surface area contributed by atoms with Gasteiger partial charge in [0.05, 0.1) is 0 Å². The van der Waals surface area contributed by atoms with E-state index in [1.807, 2.05) is 0 Å². The highest BCUT2D eigenvalue weighted by Gasteiger charge is 2.49. The predicted octanol–water partition coefficient (Wildman–Crippen LogP) is 2.13. The van der Waals surface area contributed by atoms with Gasteiger partial charge < -0.3 is 0 Å². The Morgan fingerprint density at radius 2 is 1.80 bits per heavy atom. The van der Waals surface area contributed by atoms with E-state index < -0.39 is 0 Å². The van der Waals surface area contributed by atoms with Crippen molar-refractivity contribution in [2.75, 3.05) is 6.54 Å². The number of hydrogen-bond donors (Lipinski definition) is 0. The van der Waals surface area contributed by atoms with Crippen LogP contribution in [0.3, 0.4) is 0 Å². The van der Waals surface area contributed by atoms with Crippen LogP contribution in [0, 0.1) is 5.41 Å². The highest BCUT2D eigenvalue weighted by atomic mass is 15.3. The Hall–Kier alpha value is -0.0400. The van der Waals surface area contributed by atoms with Crippen LogP contribution in [-0.4, -0.2) is 23.5 Å². The van der Waals surface area contributed by atoms with Crippen LogP contribution >= 0.6 is 0 Å². The Kier molecular flexibility index (Phi) is 1.80. The maximum Gasteiger partial charge on any atom is 0.0300 e. The molecule has 0 aliphatic carbocycles. The fraction of sp³-hybridized carbons (Fsp3) is 1.00. The molecular weight excluding hydrogens is 122 g/mol. The second-order valence-corrected chi connectivity index (χ2v) is 4.38. The third-order valence-corrected chi connectivity index (χ3v) is 2.50. The van der Waals surface area contributed by atoms with Gasteiger partial charge in [-0.3, -0.25) is 4.90 Å². The molecule has 0 spiro atoms. The SMILES string of the molecule is CCN1[C@H](C)[C@H]1C(C)(C)C. The number of rotatable bonds is 1. The third kappa shape index (κ3) is 1.20. The molecule has 0 bridgehead atoms. The molecule has 1 rings (SSSR count). The summed E-state index contributed by atoms with van der Waals surface area (Å²) in [6.45, 7) is 12.7. The van der Waals surface area contributed by atoms with E-state index in [0.29, 0.717) is 5.41 Å². The highest BCUT2D eigenvalue weighted by Crippen LogP contribution is 2.40. The van der Waals surface area contributed by atoms with Crippen molar-refractivity contribution in [1.29, 1.82) is 0 Å². The topological polar surface area (TPSA) is 3.01 Å². The van der Waals surface area contributed by atoms with Crippen LogP contribution in [-0.2, 0) is 0 Å². The monoisotopic (exact) mass is 141 g/mol. The summed E-state index contributed by atoms with van der Waals surface area (Å²) < 4.78 is 0. The van der Waals surface area contributed by atoms with E-state index in [4.69, 9.17) is 0 Å². The Morgan fingerprint density at radius 3 is 1.90 bits per heavy atom. The molecule has 1 heterocycles. The van der Waals surface area contributed by atoms with Gasteiger partial charge in [-0.05, 0) is 18.9 Å². The van der Waals surface area contributed by atoms with Gasteiger partial charge in [-0.25, -0.2) is 0 Å². The average molecular weight is 141 g/mol. The molecule has 1 unspecified atom stereocenters. The lowest BCUT2D eigenvalue weighted by atomic mass is 9.90. The van der Waals surface area contributed by atoms with Gasteiger partial charge in [-0.15, -0.1) is 0 Å². The van der Waals surface area contributed by atoms with E-state index in [2.05, 4.69) is 39.5 Å². The molecule has 0 aromatic heterocycles. The quantitative estimate of drug-likeness (QED) is 0.505. The second kappa shape index (κ2) is 2.23. The van der Waals surface area contributed by atoms with Crippen molar-refractivity contribution in [2.24, 2.45) is 5.41 Å². The van der Waals surface area contributed by atoms with Crippen LogP contribution in [0.25, 0.3) is 0 Å². The van der Waals surface area contributed by atoms with Gasteiger partial charge in [0, 0.05) is 12.1 Å². The second-order valence-electron chi connectivity index (χ2n) is 4.38. The average Bonchev–Trinajstić information content (AvgIpc) is 2.39. The van der Waals surface area contributed by atoms with Crippen molar-refractivity contribution >= 4 is 0 Å². The van der Waals surface area contributed by atoms with Crippen LogP contribution in [0.5, 0.6) is 0 Å². The van der Waals surface area contributed by atoms with Crippen LogP contribution in [0.1, 0.15) is 34.6 Å². The zero-order valence-corrected chi connectivity index (χ0v) is 7.81. The minimum Gasteiger partial charge on any atom is -0.294 e. The molecule has 0 amide bonds. The van der Waals surface area contributed by atoms with E-state index in [9.17, 15) is 0 Å². The molecule has 10 heavy (non-hydrogen) atoms. The zero-order valence-electron chi connectivity index (χ0n) is 7.81. The summed E-state index contributed by atoms with van der Waals surface area (Å²) in [5.74, 6) is 0. The number of nitrogens with zero attached hydrogens (tertiary/aromatic N) is 1. The lowest BCUT2D eigenvalue weighted by molar-refractivity contribution is 0.334. The van der Waals surface area contributed by atoms with Crippen molar-refractivity contribution in [3.05, 3.63) is 0 Å². The molecule has 1 aliphatic rings. The van der Waals surface area contributed by atoms with Gasteiger partial charge in [0.2, 0.25) is 0 Å². The molecule has 1 heteroatoms. The van der Waals surface area contributed by atoms with Crippen LogP contribution in [0.4, 0.5) is 0 Å². The third-order valence-electron chi connectivity index (χ3n) is 2.50. The Morgan fingerprint density at radius 1 is 1.30 bits per heavy atom. The molecule has 1 aliphatic heterocycles. The van der Waals surface area contributed by atoms with E-state index in [1.54, 1.807) is 0 Å². The highest BCUT2D eigenvalue weighted by molar-refractivity contribution is 5.04. The molecule has 3 atom stereocenters. The Bertz CT molecular complexity index is 123. The fourth-order valence-corrected chi connectivity index (χ4v) is 2.11. The molecule has 0 saturated carbocycles. The van der Waals surface area contributed by atoms with E-state index in [1.165, 1.54) is 6.54 Å². The van der Waals surface area contributed by atoms with Gasteiger partial charge in [0.1, 0.15) is 0 Å². The van der Waals surface area contributed by atoms with Crippen molar-refractivity contribution in [3.8, 4) is 0 Å². The summed E-state index contributed by atoms with van der Waals surface area (Å²) in [4.78, 5) is 2.54. The lowest BCUT2D eigenvalue weighted by Gasteiger charge is -2.17. The first-order chi connectivity index (χ1) is 4.48. The summed E-state index contributed by atoms with van der Waals surface area (Å²) in [6.07, 6.45) is 0. The lowest BCUT2D eigenvalue weighted by Crippen LogP contribution is -2.18. The Labute approximate surface area is 64.4 Å². The minimum absolute atomic E-state index is 0.482. The van der Waals surface area contributed by atoms with Gasteiger partial charge in [0.25, 0.3) is 0 Å². The minimum atomic E-state index is 0.482. The summed E-state index contributed by atoms with van der Waals surface area (Å²) in [5.41, 5.74) is 0.482. The molecule has 0 N–H and O–H groups in total.